The number of nitrogens with one attached hydrogen (secondary N) is 1. The van der Waals surface area contributed by atoms with Gasteiger partial charge in [-0.05, 0) is 30.7 Å². The van der Waals surface area contributed by atoms with Crippen molar-refractivity contribution in [1.82, 2.24) is 10.2 Å². The normalized spacial score (nSPS) is 12.6. The molecule has 2 aromatic rings. The van der Waals surface area contributed by atoms with Crippen LogP contribution in [0.3, 0.4) is 0 Å². The van der Waals surface area contributed by atoms with E-state index in [0.717, 1.165) is 12.8 Å². The summed E-state index contributed by atoms with van der Waals surface area (Å²) in [4.78, 5) is 39.0. The van der Waals surface area contributed by atoms with E-state index < -0.39 is 0 Å². The van der Waals surface area contributed by atoms with Crippen molar-refractivity contribution in [3.8, 4) is 17.2 Å². The van der Waals surface area contributed by atoms with Crippen molar-refractivity contribution in [3.05, 3.63) is 52.6 Å². The van der Waals surface area contributed by atoms with Gasteiger partial charge >= 0.3 is 0 Å². The van der Waals surface area contributed by atoms with Crippen LogP contribution in [0.2, 0.25) is 0 Å². The van der Waals surface area contributed by atoms with Crippen molar-refractivity contribution in [2.24, 2.45) is 0 Å². The van der Waals surface area contributed by atoms with Gasteiger partial charge in [-0.15, -0.1) is 0 Å². The highest BCUT2D eigenvalue weighted by atomic mass is 16.5. The van der Waals surface area contributed by atoms with E-state index in [1.807, 2.05) is 6.92 Å². The summed E-state index contributed by atoms with van der Waals surface area (Å²) in [6.07, 6.45) is 1.62. The molecule has 1 heterocycles. The van der Waals surface area contributed by atoms with Crippen molar-refractivity contribution >= 4 is 17.7 Å². The number of fused-ring (bicyclic) bond motifs is 1. The predicted octanol–water partition coefficient (Wildman–Crippen LogP) is 3.04. The lowest BCUT2D eigenvalue weighted by molar-refractivity contribution is 0.0652. The zero-order chi connectivity index (χ0) is 22.5. The summed E-state index contributed by atoms with van der Waals surface area (Å²) in [6.45, 7) is 2.55. The van der Waals surface area contributed by atoms with E-state index in [4.69, 9.17) is 14.2 Å². The van der Waals surface area contributed by atoms with Crippen LogP contribution in [-0.4, -0.2) is 50.5 Å². The summed E-state index contributed by atoms with van der Waals surface area (Å²) in [6, 6.07) is 7.98. The number of hydrogen-bond acceptors (Lipinski definition) is 6. The second kappa shape index (κ2) is 9.51. The highest BCUT2D eigenvalue weighted by molar-refractivity contribution is 6.22. The van der Waals surface area contributed by atoms with Crippen LogP contribution in [0.5, 0.6) is 17.2 Å². The molecular formula is C23H26N2O6. The maximum absolute atomic E-state index is 12.7. The Morgan fingerprint density at radius 2 is 1.55 bits per heavy atom. The number of rotatable bonds is 9. The standard InChI is InChI=1S/C23H26N2O6/c1-5-6-9-25-22(27)16-8-7-14(10-17(16)23(25)28)21(26)24-13-15-11-19(30-3)20(31-4)12-18(15)29-2/h7-8,10-12H,5-6,9,13H2,1-4H3,(H,24,26). The fourth-order valence-corrected chi connectivity index (χ4v) is 3.46. The lowest BCUT2D eigenvalue weighted by atomic mass is 10.1. The van der Waals surface area contributed by atoms with Crippen molar-refractivity contribution in [2.75, 3.05) is 27.9 Å². The zero-order valence-corrected chi connectivity index (χ0v) is 18.1. The molecule has 0 aromatic heterocycles. The first-order valence-corrected chi connectivity index (χ1v) is 10.0. The van der Waals surface area contributed by atoms with Crippen LogP contribution in [0, 0.1) is 0 Å². The van der Waals surface area contributed by atoms with Crippen LogP contribution in [0.15, 0.2) is 30.3 Å². The quantitative estimate of drug-likeness (QED) is 0.620. The summed E-state index contributed by atoms with van der Waals surface area (Å²) >= 11 is 0. The Bertz CT molecular complexity index is 1020. The number of hydrogen-bond donors (Lipinski definition) is 1. The molecule has 0 spiro atoms. The molecule has 0 radical (unpaired) electrons. The molecule has 3 rings (SSSR count). The summed E-state index contributed by atoms with van der Waals surface area (Å²) in [5.74, 6) is 0.538. The minimum atomic E-state index is -0.369. The molecule has 1 aliphatic heterocycles. The molecule has 0 unspecified atom stereocenters. The van der Waals surface area contributed by atoms with Crippen LogP contribution >= 0.6 is 0 Å². The van der Waals surface area contributed by atoms with Crippen LogP contribution in [0.25, 0.3) is 0 Å². The van der Waals surface area contributed by atoms with Gasteiger partial charge in [-0.25, -0.2) is 0 Å². The van der Waals surface area contributed by atoms with Gasteiger partial charge in [-0.1, -0.05) is 13.3 Å². The third-order valence-corrected chi connectivity index (χ3v) is 5.19. The molecule has 0 saturated heterocycles. The lowest BCUT2D eigenvalue weighted by Gasteiger charge is -2.14. The minimum absolute atomic E-state index is 0.176. The number of benzene rings is 2. The van der Waals surface area contributed by atoms with E-state index >= 15 is 0 Å². The van der Waals surface area contributed by atoms with Gasteiger partial charge in [0.05, 0.1) is 32.5 Å². The van der Waals surface area contributed by atoms with Gasteiger partial charge in [-0.2, -0.15) is 0 Å². The van der Waals surface area contributed by atoms with Gasteiger partial charge in [0.2, 0.25) is 0 Å². The molecule has 1 N–H and O–H groups in total. The van der Waals surface area contributed by atoms with Gasteiger partial charge < -0.3 is 19.5 Å². The first kappa shape index (κ1) is 22.1. The molecule has 3 amide bonds. The third-order valence-electron chi connectivity index (χ3n) is 5.19. The molecule has 8 heteroatoms. The predicted molar refractivity (Wildman–Crippen MR) is 114 cm³/mol. The number of carbonyl (C=O) groups excluding carboxylic acids is 3. The Hall–Kier alpha value is -3.55. The van der Waals surface area contributed by atoms with E-state index in [9.17, 15) is 14.4 Å². The number of imide groups is 1. The van der Waals surface area contributed by atoms with E-state index in [1.54, 1.807) is 18.2 Å². The Morgan fingerprint density at radius 3 is 2.19 bits per heavy atom. The summed E-state index contributed by atoms with van der Waals surface area (Å²) in [5, 5.41) is 2.82. The summed E-state index contributed by atoms with van der Waals surface area (Å²) in [7, 11) is 4.58. The number of carbonyl (C=O) groups is 3. The van der Waals surface area contributed by atoms with Crippen molar-refractivity contribution in [3.63, 3.8) is 0 Å². The molecule has 164 valence electrons. The molecule has 0 atom stereocenters. The first-order valence-electron chi connectivity index (χ1n) is 10.0. The fourth-order valence-electron chi connectivity index (χ4n) is 3.46. The van der Waals surface area contributed by atoms with Gasteiger partial charge in [-0.3, -0.25) is 19.3 Å². The molecule has 0 bridgehead atoms. The van der Waals surface area contributed by atoms with E-state index in [1.165, 1.54) is 38.4 Å². The molecule has 2 aromatic carbocycles. The van der Waals surface area contributed by atoms with E-state index in [0.29, 0.717) is 40.5 Å². The topological polar surface area (TPSA) is 94.2 Å². The molecule has 8 nitrogen and oxygen atoms in total. The van der Waals surface area contributed by atoms with Crippen LogP contribution in [0.4, 0.5) is 0 Å². The van der Waals surface area contributed by atoms with Gasteiger partial charge in [0.1, 0.15) is 5.75 Å². The smallest absolute Gasteiger partial charge is 0.261 e. The molecule has 0 aliphatic carbocycles. The number of unbranched alkanes of at least 4 members (excludes halogenated alkanes) is 1. The number of methoxy groups -OCH3 is 3. The van der Waals surface area contributed by atoms with Crippen molar-refractivity contribution in [1.29, 1.82) is 0 Å². The SMILES string of the molecule is CCCCN1C(=O)c2ccc(C(=O)NCc3cc(OC)c(OC)cc3OC)cc2C1=O. The lowest BCUT2D eigenvalue weighted by Crippen LogP contribution is -2.30. The Morgan fingerprint density at radius 1 is 0.903 bits per heavy atom. The van der Waals surface area contributed by atoms with E-state index in [-0.39, 0.29) is 29.8 Å². The first-order chi connectivity index (χ1) is 14.9. The molecule has 0 fully saturated rings. The maximum Gasteiger partial charge on any atom is 0.261 e. The second-order valence-corrected chi connectivity index (χ2v) is 7.08. The maximum atomic E-state index is 12.7. The molecular weight excluding hydrogens is 400 g/mol. The van der Waals surface area contributed by atoms with Gasteiger partial charge in [0.25, 0.3) is 17.7 Å². The number of amides is 3. The van der Waals surface area contributed by atoms with E-state index in [2.05, 4.69) is 5.32 Å². The van der Waals surface area contributed by atoms with Crippen LogP contribution in [0.1, 0.15) is 56.4 Å². The van der Waals surface area contributed by atoms with Crippen LogP contribution in [-0.2, 0) is 6.54 Å². The Kier molecular flexibility index (Phi) is 6.79. The number of ether oxygens (including phenoxy) is 3. The molecule has 31 heavy (non-hydrogen) atoms. The largest absolute Gasteiger partial charge is 0.496 e. The molecule has 0 saturated carbocycles. The Balaban J connectivity index is 1.77. The minimum Gasteiger partial charge on any atom is -0.496 e. The van der Waals surface area contributed by atoms with Crippen molar-refractivity contribution < 1.29 is 28.6 Å². The molecule has 1 aliphatic rings. The average Bonchev–Trinajstić information content (AvgIpc) is 3.04. The fraction of sp³-hybridized carbons (Fsp3) is 0.348. The van der Waals surface area contributed by atoms with Crippen molar-refractivity contribution in [2.45, 2.75) is 26.3 Å². The number of nitrogens with zero attached hydrogens (tertiary/aromatic N) is 1. The summed E-state index contributed by atoms with van der Waals surface area (Å²) < 4.78 is 16.0. The highest BCUT2D eigenvalue weighted by Crippen LogP contribution is 2.34. The highest BCUT2D eigenvalue weighted by Gasteiger charge is 2.35. The Labute approximate surface area is 181 Å². The zero-order valence-electron chi connectivity index (χ0n) is 18.1. The summed E-state index contributed by atoms with van der Waals surface area (Å²) in [5.41, 5.74) is 1.60. The van der Waals surface area contributed by atoms with Crippen LogP contribution < -0.4 is 19.5 Å². The van der Waals surface area contributed by atoms with Gasteiger partial charge in [0.15, 0.2) is 11.5 Å². The average molecular weight is 426 g/mol. The second-order valence-electron chi connectivity index (χ2n) is 7.08. The third kappa shape index (κ3) is 4.33. The monoisotopic (exact) mass is 426 g/mol. The van der Waals surface area contributed by atoms with Gasteiger partial charge in [0, 0.05) is 30.3 Å².